The molecule has 0 saturated heterocycles. The maximum Gasteiger partial charge on any atom is 0.263 e. The molecule has 0 fully saturated rings. The van der Waals surface area contributed by atoms with Crippen molar-refractivity contribution in [2.24, 2.45) is 5.73 Å². The molecule has 0 radical (unpaired) electrons. The molecule has 0 spiro atoms. The number of aromatic nitrogens is 1. The Kier molecular flexibility index (Phi) is 4.19. The monoisotopic (exact) mass is 325 g/mol. The molecule has 5 nitrogen and oxygen atoms in total. The first-order valence-corrected chi connectivity index (χ1v) is 7.73. The Hall–Kier alpha value is -2.06. The fourth-order valence-corrected chi connectivity index (χ4v) is 2.72. The molecule has 1 heterocycles. The summed E-state index contributed by atoms with van der Waals surface area (Å²) in [6.07, 6.45) is 1.16. The molecule has 0 aliphatic heterocycles. The lowest BCUT2D eigenvalue weighted by Gasteiger charge is -2.09. The molecule has 3 N–H and O–H groups in total. The molecule has 21 heavy (non-hydrogen) atoms. The molecule has 0 bridgehead atoms. The van der Waals surface area contributed by atoms with Gasteiger partial charge in [0.05, 0.1) is 5.69 Å². The minimum atomic E-state index is -3.80. The topological polar surface area (TPSA) is 85.1 Å². The van der Waals surface area contributed by atoms with Crippen LogP contribution in [0.25, 0.3) is 0 Å². The summed E-state index contributed by atoms with van der Waals surface area (Å²) in [6.45, 7) is 1.55. The van der Waals surface area contributed by atoms with Gasteiger partial charge < -0.3 is 5.73 Å². The van der Waals surface area contributed by atoms with Crippen LogP contribution < -0.4 is 10.5 Å². The van der Waals surface area contributed by atoms with Gasteiger partial charge in [0, 0.05) is 11.9 Å². The van der Waals surface area contributed by atoms with E-state index >= 15 is 0 Å². The number of hydrogen-bond acceptors (Lipinski definition) is 4. The molecule has 2 aromatic rings. The van der Waals surface area contributed by atoms with E-state index in [0.717, 1.165) is 6.20 Å². The van der Waals surface area contributed by atoms with Gasteiger partial charge in [-0.2, -0.15) is 0 Å². The molecule has 110 valence electrons. The van der Waals surface area contributed by atoms with E-state index in [1.54, 1.807) is 6.92 Å². The lowest BCUT2D eigenvalue weighted by Crippen LogP contribution is -2.15. The molecule has 1 aromatic carbocycles. The van der Waals surface area contributed by atoms with Gasteiger partial charge in [-0.05, 0) is 42.8 Å². The Labute approximate surface area is 127 Å². The summed E-state index contributed by atoms with van der Waals surface area (Å²) in [7, 11) is -3.80. The van der Waals surface area contributed by atoms with Crippen LogP contribution in [0.4, 0.5) is 10.1 Å². The van der Waals surface area contributed by atoms with Crippen LogP contribution in [0.3, 0.4) is 0 Å². The predicted molar refractivity (Wildman–Crippen MR) is 82.1 cm³/mol. The summed E-state index contributed by atoms with van der Waals surface area (Å²) in [5.74, 6) is -0.402. The largest absolute Gasteiger partial charge is 0.388 e. The quantitative estimate of drug-likeness (QED) is 0.840. The van der Waals surface area contributed by atoms with Crippen LogP contribution in [0.2, 0.25) is 0 Å². The predicted octanol–water partition coefficient (Wildman–Crippen LogP) is 1.96. The van der Waals surface area contributed by atoms with E-state index in [2.05, 4.69) is 9.71 Å². The second-order valence-electron chi connectivity index (χ2n) is 4.31. The highest BCUT2D eigenvalue weighted by Gasteiger charge is 2.15. The Balaban J connectivity index is 2.29. The number of aryl methyl sites for hydroxylation is 1. The number of anilines is 1. The van der Waals surface area contributed by atoms with E-state index in [0.29, 0.717) is 11.3 Å². The van der Waals surface area contributed by atoms with Gasteiger partial charge in [0.1, 0.15) is 15.7 Å². The van der Waals surface area contributed by atoms with Crippen molar-refractivity contribution in [3.05, 3.63) is 53.6 Å². The first-order chi connectivity index (χ1) is 9.79. The first-order valence-electron chi connectivity index (χ1n) is 5.84. The van der Waals surface area contributed by atoms with Gasteiger partial charge in [-0.1, -0.05) is 12.2 Å². The smallest absolute Gasteiger partial charge is 0.263 e. The highest BCUT2D eigenvalue weighted by molar-refractivity contribution is 7.92. The summed E-state index contributed by atoms with van der Waals surface area (Å²) in [5.41, 5.74) is 6.35. The van der Waals surface area contributed by atoms with Crippen molar-refractivity contribution in [1.82, 2.24) is 4.98 Å². The molecule has 1 aromatic heterocycles. The van der Waals surface area contributed by atoms with Gasteiger partial charge in [0.25, 0.3) is 10.0 Å². The number of nitrogens with one attached hydrogen (secondary N) is 1. The van der Waals surface area contributed by atoms with Crippen LogP contribution in [-0.4, -0.2) is 18.4 Å². The van der Waals surface area contributed by atoms with E-state index in [-0.39, 0.29) is 15.6 Å². The Morgan fingerprint density at radius 2 is 2.05 bits per heavy atom. The molecule has 0 amide bonds. The van der Waals surface area contributed by atoms with Crippen LogP contribution >= 0.6 is 12.2 Å². The molecule has 0 atom stereocenters. The normalized spacial score (nSPS) is 11.1. The van der Waals surface area contributed by atoms with Crippen molar-refractivity contribution in [3.63, 3.8) is 0 Å². The highest BCUT2D eigenvalue weighted by Crippen LogP contribution is 2.18. The van der Waals surface area contributed by atoms with Crippen LogP contribution in [0.5, 0.6) is 0 Å². The number of nitrogens with zero attached hydrogens (tertiary/aromatic N) is 1. The number of halogens is 1. The fourth-order valence-electron chi connectivity index (χ4n) is 1.61. The molecule has 0 unspecified atom stereocenters. The maximum atomic E-state index is 13.2. The van der Waals surface area contributed by atoms with Crippen LogP contribution in [0, 0.1) is 12.7 Å². The van der Waals surface area contributed by atoms with Gasteiger partial charge in [-0.25, -0.2) is 12.8 Å². The Morgan fingerprint density at radius 3 is 2.57 bits per heavy atom. The summed E-state index contributed by atoms with van der Waals surface area (Å²) in [4.78, 5) is 3.92. The zero-order valence-electron chi connectivity index (χ0n) is 11.0. The van der Waals surface area contributed by atoms with Crippen LogP contribution in [0.1, 0.15) is 11.3 Å². The average Bonchev–Trinajstić information content (AvgIpc) is 2.43. The second kappa shape index (κ2) is 5.74. The van der Waals surface area contributed by atoms with Gasteiger partial charge in [-0.3, -0.25) is 9.71 Å². The Morgan fingerprint density at radius 1 is 1.33 bits per heavy atom. The summed E-state index contributed by atoms with van der Waals surface area (Å²) in [6, 6.07) is 6.72. The van der Waals surface area contributed by atoms with Crippen molar-refractivity contribution < 1.29 is 12.8 Å². The number of sulfonamides is 1. The number of thiocarbonyl (C=S) groups is 1. The van der Waals surface area contributed by atoms with E-state index in [1.165, 1.54) is 30.3 Å². The average molecular weight is 325 g/mol. The number of nitrogens with two attached hydrogens (primary N) is 1. The molecule has 2 rings (SSSR count). The van der Waals surface area contributed by atoms with Crippen molar-refractivity contribution in [2.75, 3.05) is 4.72 Å². The maximum absolute atomic E-state index is 13.2. The molecule has 0 aliphatic rings. The van der Waals surface area contributed by atoms with E-state index in [1.807, 2.05) is 0 Å². The SMILES string of the molecule is Cc1cc(NS(=O)(=O)c2ccc(C(N)=S)nc2)ccc1F. The van der Waals surface area contributed by atoms with Crippen LogP contribution in [0.15, 0.2) is 41.4 Å². The van der Waals surface area contributed by atoms with Gasteiger partial charge in [0.2, 0.25) is 0 Å². The zero-order chi connectivity index (χ0) is 15.6. The summed E-state index contributed by atoms with van der Waals surface area (Å²) < 4.78 is 39.9. The standard InChI is InChI=1S/C13H12FN3O2S2/c1-8-6-9(2-4-11(8)14)17-21(18,19)10-3-5-12(13(15)20)16-7-10/h2-7,17H,1H3,(H2,15,20). The number of pyridine rings is 1. The van der Waals surface area contributed by atoms with Crippen molar-refractivity contribution in [1.29, 1.82) is 0 Å². The molecule has 8 heteroatoms. The summed E-state index contributed by atoms with van der Waals surface area (Å²) in [5, 5.41) is 0. The minimum Gasteiger partial charge on any atom is -0.388 e. The third-order valence-corrected chi connectivity index (χ3v) is 4.28. The number of benzene rings is 1. The van der Waals surface area contributed by atoms with Crippen LogP contribution in [-0.2, 0) is 10.0 Å². The van der Waals surface area contributed by atoms with Crippen molar-refractivity contribution in [3.8, 4) is 0 Å². The molecular formula is C13H12FN3O2S2. The minimum absolute atomic E-state index is 0.0375. The van der Waals surface area contributed by atoms with E-state index in [9.17, 15) is 12.8 Å². The fraction of sp³-hybridized carbons (Fsp3) is 0.0769. The van der Waals surface area contributed by atoms with Crippen molar-refractivity contribution in [2.45, 2.75) is 11.8 Å². The zero-order valence-corrected chi connectivity index (χ0v) is 12.6. The molecule has 0 saturated carbocycles. The lowest BCUT2D eigenvalue weighted by atomic mass is 10.2. The first kappa shape index (κ1) is 15.3. The van der Waals surface area contributed by atoms with Gasteiger partial charge >= 0.3 is 0 Å². The van der Waals surface area contributed by atoms with Gasteiger partial charge in [0.15, 0.2) is 0 Å². The third kappa shape index (κ3) is 3.53. The number of rotatable bonds is 4. The lowest BCUT2D eigenvalue weighted by molar-refractivity contribution is 0.600. The molecule has 0 aliphatic carbocycles. The summed E-state index contributed by atoms with van der Waals surface area (Å²) >= 11 is 4.74. The Bertz CT molecular complexity index is 790. The highest BCUT2D eigenvalue weighted by atomic mass is 32.2. The second-order valence-corrected chi connectivity index (χ2v) is 6.44. The van der Waals surface area contributed by atoms with E-state index < -0.39 is 15.8 Å². The van der Waals surface area contributed by atoms with Gasteiger partial charge in [-0.15, -0.1) is 0 Å². The third-order valence-electron chi connectivity index (χ3n) is 2.71. The van der Waals surface area contributed by atoms with E-state index in [4.69, 9.17) is 18.0 Å². The molecular weight excluding hydrogens is 313 g/mol. The van der Waals surface area contributed by atoms with Crippen molar-refractivity contribution >= 4 is 32.9 Å². The number of hydrogen-bond donors (Lipinski definition) is 2.